The van der Waals surface area contributed by atoms with Gasteiger partial charge >= 0.3 is 6.03 Å². The number of aryl methyl sites for hydroxylation is 1. The first kappa shape index (κ1) is 22.0. The van der Waals surface area contributed by atoms with Crippen LogP contribution in [0.25, 0.3) is 10.9 Å². The zero-order valence-electron chi connectivity index (χ0n) is 18.1. The average Bonchev–Trinajstić information content (AvgIpc) is 2.79. The summed E-state index contributed by atoms with van der Waals surface area (Å²) in [6, 6.07) is 13.0. The van der Waals surface area contributed by atoms with Gasteiger partial charge in [-0.25, -0.2) is 9.18 Å². The molecule has 0 aliphatic carbocycles. The standard InChI is InChI=1S/C24H27FN4O3/c1-17-2-3-18-15-19(23(30)27-22(18)14-17)16-29(9-8-28-10-12-32-13-11-28)24(31)26-21-6-4-20(25)5-7-21/h2-7,14-15H,8-13,16H2,1H3,(H,26,31)(H,27,30). The van der Waals surface area contributed by atoms with Crippen molar-refractivity contribution in [3.63, 3.8) is 0 Å². The Labute approximate surface area is 185 Å². The van der Waals surface area contributed by atoms with E-state index in [0.717, 1.165) is 29.6 Å². The van der Waals surface area contributed by atoms with Gasteiger partial charge in [0, 0.05) is 42.9 Å². The van der Waals surface area contributed by atoms with E-state index < -0.39 is 0 Å². The number of hydrogen-bond donors (Lipinski definition) is 2. The van der Waals surface area contributed by atoms with E-state index in [1.807, 2.05) is 31.2 Å². The predicted molar refractivity (Wildman–Crippen MR) is 122 cm³/mol. The Morgan fingerprint density at radius 3 is 2.66 bits per heavy atom. The molecule has 2 N–H and O–H groups in total. The first-order valence-corrected chi connectivity index (χ1v) is 10.7. The second-order valence-electron chi connectivity index (χ2n) is 8.03. The summed E-state index contributed by atoms with van der Waals surface area (Å²) in [6.07, 6.45) is 0. The third-order valence-corrected chi connectivity index (χ3v) is 5.61. The number of rotatable bonds is 6. The van der Waals surface area contributed by atoms with Gasteiger partial charge in [0.15, 0.2) is 0 Å². The van der Waals surface area contributed by atoms with Crippen LogP contribution in [-0.2, 0) is 11.3 Å². The number of nitrogens with one attached hydrogen (secondary N) is 2. The molecule has 1 aliphatic heterocycles. The summed E-state index contributed by atoms with van der Waals surface area (Å²) in [5, 5.41) is 3.72. The SMILES string of the molecule is Cc1ccc2cc(CN(CCN3CCOCC3)C(=O)Nc3ccc(F)cc3)c(=O)[nH]c2c1. The van der Waals surface area contributed by atoms with E-state index in [4.69, 9.17) is 4.74 Å². The first-order valence-electron chi connectivity index (χ1n) is 10.7. The average molecular weight is 439 g/mol. The number of pyridine rings is 1. The number of nitrogens with zero attached hydrogens (tertiary/aromatic N) is 2. The van der Waals surface area contributed by atoms with Crippen LogP contribution in [0.1, 0.15) is 11.1 Å². The van der Waals surface area contributed by atoms with Gasteiger partial charge in [-0.2, -0.15) is 0 Å². The van der Waals surface area contributed by atoms with E-state index in [9.17, 15) is 14.0 Å². The Bertz CT molecular complexity index is 1140. The number of morpholine rings is 1. The Morgan fingerprint density at radius 2 is 1.91 bits per heavy atom. The van der Waals surface area contributed by atoms with Crippen LogP contribution in [0.2, 0.25) is 0 Å². The van der Waals surface area contributed by atoms with Crippen molar-refractivity contribution in [2.75, 3.05) is 44.7 Å². The zero-order chi connectivity index (χ0) is 22.5. The smallest absolute Gasteiger partial charge is 0.322 e. The molecule has 2 amide bonds. The van der Waals surface area contributed by atoms with Crippen molar-refractivity contribution in [2.45, 2.75) is 13.5 Å². The molecule has 4 rings (SSSR count). The molecule has 3 aromatic rings. The van der Waals surface area contributed by atoms with Crippen molar-refractivity contribution >= 4 is 22.6 Å². The van der Waals surface area contributed by atoms with Gasteiger partial charge in [-0.3, -0.25) is 9.69 Å². The summed E-state index contributed by atoms with van der Waals surface area (Å²) in [5.74, 6) is -0.370. The third-order valence-electron chi connectivity index (χ3n) is 5.61. The monoisotopic (exact) mass is 438 g/mol. The molecule has 0 bridgehead atoms. The van der Waals surface area contributed by atoms with E-state index >= 15 is 0 Å². The number of ether oxygens (including phenoxy) is 1. The number of H-pyrrole nitrogens is 1. The van der Waals surface area contributed by atoms with Crippen LogP contribution >= 0.6 is 0 Å². The molecular weight excluding hydrogens is 411 g/mol. The second kappa shape index (κ2) is 9.93. The lowest BCUT2D eigenvalue weighted by molar-refractivity contribution is 0.0349. The van der Waals surface area contributed by atoms with Crippen molar-refractivity contribution < 1.29 is 13.9 Å². The summed E-state index contributed by atoms with van der Waals surface area (Å²) >= 11 is 0. The molecule has 0 unspecified atom stereocenters. The van der Waals surface area contributed by atoms with Gasteiger partial charge in [-0.05, 0) is 54.3 Å². The van der Waals surface area contributed by atoms with Crippen molar-refractivity contribution in [1.82, 2.24) is 14.8 Å². The number of amides is 2. The van der Waals surface area contributed by atoms with Crippen molar-refractivity contribution in [3.8, 4) is 0 Å². The molecular formula is C24H27FN4O3. The van der Waals surface area contributed by atoms with Gasteiger partial charge in [0.2, 0.25) is 0 Å². The number of aromatic nitrogens is 1. The van der Waals surface area contributed by atoms with Gasteiger partial charge in [0.25, 0.3) is 5.56 Å². The van der Waals surface area contributed by atoms with Crippen LogP contribution in [0.15, 0.2) is 53.3 Å². The zero-order valence-corrected chi connectivity index (χ0v) is 18.1. The molecule has 168 valence electrons. The summed E-state index contributed by atoms with van der Waals surface area (Å²) < 4.78 is 18.6. The second-order valence-corrected chi connectivity index (χ2v) is 8.03. The number of aromatic amines is 1. The molecule has 32 heavy (non-hydrogen) atoms. The van der Waals surface area contributed by atoms with Crippen LogP contribution in [0.3, 0.4) is 0 Å². The maximum atomic E-state index is 13.2. The lowest BCUT2D eigenvalue weighted by atomic mass is 10.1. The lowest BCUT2D eigenvalue weighted by Gasteiger charge is -2.30. The fraction of sp³-hybridized carbons (Fsp3) is 0.333. The van der Waals surface area contributed by atoms with E-state index in [1.54, 1.807) is 4.90 Å². The fourth-order valence-electron chi connectivity index (χ4n) is 3.76. The number of hydrogen-bond acceptors (Lipinski definition) is 4. The topological polar surface area (TPSA) is 77.7 Å². The Balaban J connectivity index is 1.54. The minimum absolute atomic E-state index is 0.163. The largest absolute Gasteiger partial charge is 0.379 e. The van der Waals surface area contributed by atoms with Gasteiger partial charge in [-0.15, -0.1) is 0 Å². The summed E-state index contributed by atoms with van der Waals surface area (Å²) in [6.45, 7) is 6.21. The Kier molecular flexibility index (Phi) is 6.82. The highest BCUT2D eigenvalue weighted by atomic mass is 19.1. The van der Waals surface area contributed by atoms with Crippen LogP contribution < -0.4 is 10.9 Å². The van der Waals surface area contributed by atoms with Crippen LogP contribution in [0.5, 0.6) is 0 Å². The maximum Gasteiger partial charge on any atom is 0.322 e. The van der Waals surface area contributed by atoms with Gasteiger partial charge in [-0.1, -0.05) is 12.1 Å². The van der Waals surface area contributed by atoms with Gasteiger partial charge < -0.3 is 19.9 Å². The number of urea groups is 1. The van der Waals surface area contributed by atoms with Gasteiger partial charge in [0.1, 0.15) is 5.82 Å². The number of carbonyl (C=O) groups is 1. The molecule has 1 saturated heterocycles. The molecule has 1 aliphatic rings. The van der Waals surface area contributed by atoms with Crippen LogP contribution in [0, 0.1) is 12.7 Å². The van der Waals surface area contributed by atoms with E-state index in [2.05, 4.69) is 15.2 Å². The Hall–Kier alpha value is -3.23. The molecule has 0 spiro atoms. The molecule has 7 nitrogen and oxygen atoms in total. The normalized spacial score (nSPS) is 14.4. The molecule has 2 heterocycles. The quantitative estimate of drug-likeness (QED) is 0.619. The molecule has 0 atom stereocenters. The first-order chi connectivity index (χ1) is 15.5. The van der Waals surface area contributed by atoms with Crippen molar-refractivity contribution in [2.24, 2.45) is 0 Å². The molecule has 1 aromatic heterocycles. The summed E-state index contributed by atoms with van der Waals surface area (Å²) in [4.78, 5) is 32.5. The highest BCUT2D eigenvalue weighted by Gasteiger charge is 2.19. The maximum absolute atomic E-state index is 13.2. The fourth-order valence-corrected chi connectivity index (χ4v) is 3.76. The molecule has 0 radical (unpaired) electrons. The predicted octanol–water partition coefficient (Wildman–Crippen LogP) is 3.34. The van der Waals surface area contributed by atoms with E-state index in [1.165, 1.54) is 24.3 Å². The minimum atomic E-state index is -0.370. The van der Waals surface area contributed by atoms with E-state index in [0.29, 0.717) is 37.6 Å². The third kappa shape index (κ3) is 5.52. The van der Waals surface area contributed by atoms with Gasteiger partial charge in [0.05, 0.1) is 19.8 Å². The number of carbonyl (C=O) groups excluding carboxylic acids is 1. The van der Waals surface area contributed by atoms with E-state index in [-0.39, 0.29) is 24.0 Å². The minimum Gasteiger partial charge on any atom is -0.379 e. The highest BCUT2D eigenvalue weighted by Crippen LogP contribution is 2.15. The van der Waals surface area contributed by atoms with Crippen LogP contribution in [0.4, 0.5) is 14.9 Å². The number of fused-ring (bicyclic) bond motifs is 1. The van der Waals surface area contributed by atoms with Crippen molar-refractivity contribution in [1.29, 1.82) is 0 Å². The highest BCUT2D eigenvalue weighted by molar-refractivity contribution is 5.89. The van der Waals surface area contributed by atoms with Crippen LogP contribution in [-0.4, -0.2) is 60.2 Å². The number of halogens is 1. The lowest BCUT2D eigenvalue weighted by Crippen LogP contribution is -2.44. The Morgan fingerprint density at radius 1 is 1.16 bits per heavy atom. The number of anilines is 1. The number of benzene rings is 2. The van der Waals surface area contributed by atoms with Crippen molar-refractivity contribution in [3.05, 3.63) is 75.8 Å². The summed E-state index contributed by atoms with van der Waals surface area (Å²) in [7, 11) is 0. The molecule has 1 fully saturated rings. The molecule has 0 saturated carbocycles. The molecule has 8 heteroatoms. The summed E-state index contributed by atoms with van der Waals surface area (Å²) in [5.41, 5.74) is 2.63. The molecule has 2 aromatic carbocycles.